The van der Waals surface area contributed by atoms with E-state index in [0.717, 1.165) is 4.90 Å². The van der Waals surface area contributed by atoms with Crippen LogP contribution in [0.5, 0.6) is 0 Å². The lowest BCUT2D eigenvalue weighted by Crippen LogP contribution is -2.09. The molecule has 0 amide bonds. The summed E-state index contributed by atoms with van der Waals surface area (Å²) in [4.78, 5) is 20.4. The maximum absolute atomic E-state index is 12.8. The largest absolute Gasteiger partial charge is 0.481 e. The molecule has 4 nitrogen and oxygen atoms in total. The van der Waals surface area contributed by atoms with Crippen molar-refractivity contribution < 1.29 is 14.3 Å². The Hall–Kier alpha value is -1.95. The number of hydrogen-bond donors (Lipinski definition) is 1. The van der Waals surface area contributed by atoms with Crippen molar-refractivity contribution in [2.24, 2.45) is 0 Å². The number of nitrogens with zero attached hydrogens (tertiary/aromatic N) is 2. The van der Waals surface area contributed by atoms with Crippen molar-refractivity contribution in [2.75, 3.05) is 0 Å². The van der Waals surface area contributed by atoms with E-state index in [4.69, 9.17) is 5.11 Å². The van der Waals surface area contributed by atoms with E-state index in [2.05, 4.69) is 9.97 Å². The van der Waals surface area contributed by atoms with Crippen molar-refractivity contribution in [2.45, 2.75) is 30.9 Å². The van der Waals surface area contributed by atoms with E-state index in [1.54, 1.807) is 26.0 Å². The number of hydrogen-bond acceptors (Lipinski definition) is 4. The summed E-state index contributed by atoms with van der Waals surface area (Å²) in [6, 6.07) is 6.24. The molecule has 110 valence electrons. The number of benzene rings is 1. The van der Waals surface area contributed by atoms with Crippen molar-refractivity contribution in [3.05, 3.63) is 52.9 Å². The highest BCUT2D eigenvalue weighted by Crippen LogP contribution is 2.22. The number of rotatable bonds is 5. The third-order valence-corrected chi connectivity index (χ3v) is 3.98. The molecule has 0 bridgehead atoms. The molecule has 0 aliphatic carbocycles. The predicted molar refractivity (Wildman–Crippen MR) is 78.8 cm³/mol. The number of aliphatic carboxylic acids is 1. The smallest absolute Gasteiger partial charge is 0.307 e. The monoisotopic (exact) mass is 306 g/mol. The quantitative estimate of drug-likeness (QED) is 0.860. The Morgan fingerprint density at radius 2 is 1.76 bits per heavy atom. The highest BCUT2D eigenvalue weighted by Gasteiger charge is 2.12. The number of halogens is 1. The lowest BCUT2D eigenvalue weighted by molar-refractivity contribution is -0.136. The first-order chi connectivity index (χ1) is 9.95. The van der Waals surface area contributed by atoms with E-state index in [9.17, 15) is 9.18 Å². The lowest BCUT2D eigenvalue weighted by Gasteiger charge is -2.09. The molecule has 0 aliphatic rings. The minimum atomic E-state index is -0.891. The number of carboxylic acids is 1. The summed E-state index contributed by atoms with van der Waals surface area (Å²) in [6.07, 6.45) is -0.0664. The molecule has 0 unspecified atom stereocenters. The summed E-state index contributed by atoms with van der Waals surface area (Å²) in [6.45, 7) is 3.58. The summed E-state index contributed by atoms with van der Waals surface area (Å²) in [5, 5.41) is 8.87. The van der Waals surface area contributed by atoms with E-state index in [1.807, 2.05) is 0 Å². The van der Waals surface area contributed by atoms with Crippen molar-refractivity contribution in [1.29, 1.82) is 0 Å². The maximum atomic E-state index is 12.8. The Balaban J connectivity index is 2.10. The van der Waals surface area contributed by atoms with Crippen molar-refractivity contribution >= 4 is 17.7 Å². The highest BCUT2D eigenvalue weighted by molar-refractivity contribution is 7.98. The molecular weight excluding hydrogens is 291 g/mol. The van der Waals surface area contributed by atoms with Crippen molar-refractivity contribution in [3.63, 3.8) is 0 Å². The van der Waals surface area contributed by atoms with Crippen LogP contribution in [0, 0.1) is 19.7 Å². The molecule has 1 N–H and O–H groups in total. The molecule has 1 aromatic heterocycles. The van der Waals surface area contributed by atoms with Crippen molar-refractivity contribution in [3.8, 4) is 0 Å². The molecule has 1 heterocycles. The summed E-state index contributed by atoms with van der Waals surface area (Å²) >= 11 is 1.51. The van der Waals surface area contributed by atoms with Gasteiger partial charge in [0.15, 0.2) is 0 Å². The van der Waals surface area contributed by atoms with Gasteiger partial charge in [-0.05, 0) is 38.1 Å². The number of aryl methyl sites for hydroxylation is 2. The van der Waals surface area contributed by atoms with Gasteiger partial charge in [-0.3, -0.25) is 4.79 Å². The van der Waals surface area contributed by atoms with Gasteiger partial charge in [-0.1, -0.05) is 0 Å². The molecule has 2 rings (SSSR count). The number of carbonyl (C=O) groups is 1. The minimum absolute atomic E-state index is 0.0664. The lowest BCUT2D eigenvalue weighted by atomic mass is 10.1. The number of aromatic nitrogens is 2. The van der Waals surface area contributed by atoms with Gasteiger partial charge in [-0.25, -0.2) is 14.4 Å². The van der Waals surface area contributed by atoms with Crippen LogP contribution >= 0.6 is 11.8 Å². The summed E-state index contributed by atoms with van der Waals surface area (Å²) < 4.78 is 12.8. The van der Waals surface area contributed by atoms with E-state index in [1.165, 1.54) is 23.9 Å². The van der Waals surface area contributed by atoms with Crippen LogP contribution in [0.1, 0.15) is 22.8 Å². The van der Waals surface area contributed by atoms with Gasteiger partial charge in [0, 0.05) is 21.8 Å². The fraction of sp³-hybridized carbons (Fsp3) is 0.267. The zero-order chi connectivity index (χ0) is 15.4. The van der Waals surface area contributed by atoms with E-state index >= 15 is 0 Å². The van der Waals surface area contributed by atoms with Crippen molar-refractivity contribution in [1.82, 2.24) is 9.97 Å². The molecule has 0 spiro atoms. The Labute approximate surface area is 126 Å². The Bertz CT molecular complexity index is 636. The fourth-order valence-corrected chi connectivity index (χ4v) is 2.71. The van der Waals surface area contributed by atoms with Crippen LogP contribution in [0.25, 0.3) is 0 Å². The van der Waals surface area contributed by atoms with E-state index in [0.29, 0.717) is 28.5 Å². The van der Waals surface area contributed by atoms with Gasteiger partial charge >= 0.3 is 5.97 Å². The van der Waals surface area contributed by atoms with Crippen LogP contribution in [0.2, 0.25) is 0 Å². The van der Waals surface area contributed by atoms with Gasteiger partial charge in [0.1, 0.15) is 11.6 Å². The topological polar surface area (TPSA) is 63.1 Å². The maximum Gasteiger partial charge on any atom is 0.307 e. The van der Waals surface area contributed by atoms with Crippen LogP contribution < -0.4 is 0 Å². The second-order valence-corrected chi connectivity index (χ2v) is 5.65. The van der Waals surface area contributed by atoms with Crippen LogP contribution in [0.3, 0.4) is 0 Å². The summed E-state index contributed by atoms with van der Waals surface area (Å²) in [7, 11) is 0. The molecular formula is C15H15FN2O2S. The fourth-order valence-electron chi connectivity index (χ4n) is 1.96. The van der Waals surface area contributed by atoms with E-state index in [-0.39, 0.29) is 12.2 Å². The van der Waals surface area contributed by atoms with Crippen LogP contribution in [-0.2, 0) is 17.0 Å². The highest BCUT2D eigenvalue weighted by atomic mass is 32.2. The van der Waals surface area contributed by atoms with Gasteiger partial charge in [0.25, 0.3) is 0 Å². The normalized spacial score (nSPS) is 10.6. The predicted octanol–water partition coefficient (Wildman–Crippen LogP) is 3.15. The van der Waals surface area contributed by atoms with Gasteiger partial charge in [-0.15, -0.1) is 11.8 Å². The molecule has 0 saturated carbocycles. The van der Waals surface area contributed by atoms with Gasteiger partial charge < -0.3 is 5.11 Å². The Morgan fingerprint density at radius 3 is 2.29 bits per heavy atom. The molecule has 0 saturated heterocycles. The first-order valence-electron chi connectivity index (χ1n) is 6.39. The SMILES string of the molecule is Cc1nc(CSc2ccc(F)cc2)nc(C)c1CC(=O)O. The second-order valence-electron chi connectivity index (χ2n) is 4.60. The molecule has 2 aromatic rings. The Morgan fingerprint density at radius 1 is 1.19 bits per heavy atom. The van der Waals surface area contributed by atoms with Gasteiger partial charge in [-0.2, -0.15) is 0 Å². The molecule has 0 radical (unpaired) electrons. The van der Waals surface area contributed by atoms with E-state index < -0.39 is 5.97 Å². The third kappa shape index (κ3) is 4.26. The molecule has 0 aliphatic heterocycles. The Kier molecular flexibility index (Phi) is 4.90. The summed E-state index contributed by atoms with van der Waals surface area (Å²) in [5.74, 6) is 0.0488. The second kappa shape index (κ2) is 6.67. The molecule has 21 heavy (non-hydrogen) atoms. The van der Waals surface area contributed by atoms with Gasteiger partial charge in [0.2, 0.25) is 0 Å². The molecule has 1 aromatic carbocycles. The standard InChI is InChI=1S/C15H15FN2O2S/c1-9-13(7-15(19)20)10(2)18-14(17-9)8-21-12-5-3-11(16)4-6-12/h3-6H,7-8H2,1-2H3,(H,19,20). The van der Waals surface area contributed by atoms with Crippen LogP contribution in [0.15, 0.2) is 29.2 Å². The van der Waals surface area contributed by atoms with Crippen LogP contribution in [-0.4, -0.2) is 21.0 Å². The third-order valence-electron chi connectivity index (χ3n) is 2.98. The zero-order valence-electron chi connectivity index (χ0n) is 11.8. The summed E-state index contributed by atoms with van der Waals surface area (Å²) in [5.41, 5.74) is 2.05. The van der Waals surface area contributed by atoms with Gasteiger partial charge in [0.05, 0.1) is 12.2 Å². The molecule has 0 atom stereocenters. The molecule has 0 fully saturated rings. The van der Waals surface area contributed by atoms with Crippen LogP contribution in [0.4, 0.5) is 4.39 Å². The average Bonchev–Trinajstić information content (AvgIpc) is 2.42. The zero-order valence-corrected chi connectivity index (χ0v) is 12.6. The first kappa shape index (κ1) is 15.4. The number of thioether (sulfide) groups is 1. The average molecular weight is 306 g/mol. The first-order valence-corrected chi connectivity index (χ1v) is 7.37. The minimum Gasteiger partial charge on any atom is -0.481 e. The number of carboxylic acid groups (broad SMARTS) is 1. The molecule has 6 heteroatoms.